The quantitative estimate of drug-likeness (QED) is 0.707. The van der Waals surface area contributed by atoms with Crippen LogP contribution in [0.2, 0.25) is 0 Å². The number of aromatic nitrogens is 2. The summed E-state index contributed by atoms with van der Waals surface area (Å²) in [6, 6.07) is 0. The van der Waals surface area contributed by atoms with E-state index < -0.39 is 0 Å². The molecule has 68 valence electrons. The van der Waals surface area contributed by atoms with Crippen LogP contribution >= 0.6 is 11.6 Å². The molecular formula is C7H11ClN2O2. The predicted molar refractivity (Wildman–Crippen MR) is 46.7 cm³/mol. The second-order valence-electron chi connectivity index (χ2n) is 2.57. The highest BCUT2D eigenvalue weighted by molar-refractivity contribution is 6.17. The topological polar surface area (TPSA) is 47.2 Å². The summed E-state index contributed by atoms with van der Waals surface area (Å²) in [4.78, 5) is 11.2. The van der Waals surface area contributed by atoms with Gasteiger partial charge in [-0.15, -0.1) is 11.6 Å². The van der Waals surface area contributed by atoms with E-state index in [4.69, 9.17) is 11.6 Å². The van der Waals surface area contributed by atoms with Crippen LogP contribution in [0.15, 0.2) is 11.0 Å². The van der Waals surface area contributed by atoms with Gasteiger partial charge in [0.25, 0.3) is 0 Å². The van der Waals surface area contributed by atoms with Gasteiger partial charge < -0.3 is 5.11 Å². The summed E-state index contributed by atoms with van der Waals surface area (Å²) in [6.45, 7) is 0.467. The Morgan fingerprint density at radius 2 is 2.33 bits per heavy atom. The third-order valence-corrected chi connectivity index (χ3v) is 1.90. The molecule has 0 radical (unpaired) electrons. The van der Waals surface area contributed by atoms with Crippen LogP contribution in [0.5, 0.6) is 5.88 Å². The molecule has 0 aliphatic heterocycles. The Balaban J connectivity index is 2.90. The van der Waals surface area contributed by atoms with Crippen molar-refractivity contribution in [2.24, 2.45) is 7.05 Å². The predicted octanol–water partition coefficient (Wildman–Crippen LogP) is 0.521. The molecule has 0 saturated heterocycles. The largest absolute Gasteiger partial charge is 0.493 e. The molecule has 0 aromatic carbocycles. The maximum atomic E-state index is 11.2. The zero-order valence-corrected chi connectivity index (χ0v) is 7.58. The van der Waals surface area contributed by atoms with E-state index >= 15 is 0 Å². The van der Waals surface area contributed by atoms with Crippen LogP contribution in [-0.4, -0.2) is 20.1 Å². The van der Waals surface area contributed by atoms with Gasteiger partial charge in [0.1, 0.15) is 0 Å². The average Bonchev–Trinajstić information content (AvgIpc) is 2.25. The van der Waals surface area contributed by atoms with Crippen LogP contribution in [0, 0.1) is 0 Å². The van der Waals surface area contributed by atoms with E-state index in [0.717, 1.165) is 0 Å². The maximum Gasteiger partial charge on any atom is 0.330 e. The van der Waals surface area contributed by atoms with Crippen LogP contribution in [0.25, 0.3) is 0 Å². The Bertz CT molecular complexity index is 316. The fraction of sp³-hybridized carbons (Fsp3) is 0.571. The lowest BCUT2D eigenvalue weighted by Crippen LogP contribution is -2.22. The molecule has 1 aromatic heterocycles. The van der Waals surface area contributed by atoms with E-state index in [9.17, 15) is 9.90 Å². The van der Waals surface area contributed by atoms with Gasteiger partial charge in [0.2, 0.25) is 5.88 Å². The molecule has 5 heteroatoms. The molecule has 0 saturated carbocycles. The van der Waals surface area contributed by atoms with Crippen molar-refractivity contribution in [3.05, 3.63) is 16.7 Å². The smallest absolute Gasteiger partial charge is 0.330 e. The number of aromatic hydroxyl groups is 1. The van der Waals surface area contributed by atoms with Gasteiger partial charge in [0.05, 0.1) is 6.20 Å². The molecule has 0 spiro atoms. The molecule has 0 atom stereocenters. The number of nitrogens with zero attached hydrogens (tertiary/aromatic N) is 2. The van der Waals surface area contributed by atoms with Crippen LogP contribution in [0.3, 0.4) is 0 Å². The number of rotatable bonds is 3. The second kappa shape index (κ2) is 3.67. The molecule has 0 amide bonds. The van der Waals surface area contributed by atoms with Gasteiger partial charge in [-0.3, -0.25) is 9.13 Å². The third kappa shape index (κ3) is 1.64. The standard InChI is InChI=1S/C7H11ClN2O2/c1-9-5-6(11)10(7(9)12)4-2-3-8/h5,11H,2-4H2,1H3. The lowest BCUT2D eigenvalue weighted by Gasteiger charge is -1.98. The molecule has 0 aliphatic rings. The number of hydrogen-bond donors (Lipinski definition) is 1. The average molecular weight is 191 g/mol. The van der Waals surface area contributed by atoms with Crippen molar-refractivity contribution in [3.63, 3.8) is 0 Å². The van der Waals surface area contributed by atoms with Crippen molar-refractivity contribution in [1.29, 1.82) is 0 Å². The monoisotopic (exact) mass is 190 g/mol. The number of halogens is 1. The Hall–Kier alpha value is -0.900. The summed E-state index contributed by atoms with van der Waals surface area (Å²) in [7, 11) is 1.60. The van der Waals surface area contributed by atoms with E-state index in [-0.39, 0.29) is 11.6 Å². The first-order valence-corrected chi connectivity index (χ1v) is 4.21. The summed E-state index contributed by atoms with van der Waals surface area (Å²) in [5, 5.41) is 9.24. The van der Waals surface area contributed by atoms with Crippen LogP contribution in [0.1, 0.15) is 6.42 Å². The first-order chi connectivity index (χ1) is 5.66. The summed E-state index contributed by atoms with van der Waals surface area (Å²) in [5.74, 6) is 0.480. The van der Waals surface area contributed by atoms with Gasteiger partial charge in [0.15, 0.2) is 0 Å². The van der Waals surface area contributed by atoms with Crippen LogP contribution < -0.4 is 5.69 Å². The zero-order valence-electron chi connectivity index (χ0n) is 6.83. The van der Waals surface area contributed by atoms with E-state index in [1.807, 2.05) is 0 Å². The van der Waals surface area contributed by atoms with E-state index in [1.54, 1.807) is 7.05 Å². The van der Waals surface area contributed by atoms with Crippen molar-refractivity contribution in [3.8, 4) is 5.88 Å². The fourth-order valence-electron chi connectivity index (χ4n) is 1.01. The minimum Gasteiger partial charge on any atom is -0.493 e. The summed E-state index contributed by atoms with van der Waals surface area (Å²) >= 11 is 5.46. The van der Waals surface area contributed by atoms with E-state index in [1.165, 1.54) is 15.3 Å². The maximum absolute atomic E-state index is 11.2. The third-order valence-electron chi connectivity index (χ3n) is 1.63. The molecule has 4 nitrogen and oxygen atoms in total. The highest BCUT2D eigenvalue weighted by atomic mass is 35.5. The Morgan fingerprint density at radius 3 is 2.75 bits per heavy atom. The molecule has 1 rings (SSSR count). The van der Waals surface area contributed by atoms with Crippen molar-refractivity contribution in [2.75, 3.05) is 5.88 Å². The summed E-state index contributed by atoms with van der Waals surface area (Å²) in [5.41, 5.74) is -0.211. The summed E-state index contributed by atoms with van der Waals surface area (Å²) < 4.78 is 2.63. The first-order valence-electron chi connectivity index (χ1n) is 3.68. The molecule has 12 heavy (non-hydrogen) atoms. The number of hydrogen-bond acceptors (Lipinski definition) is 2. The molecule has 0 aliphatic carbocycles. The Kier molecular flexibility index (Phi) is 2.81. The molecule has 1 aromatic rings. The molecule has 1 N–H and O–H groups in total. The van der Waals surface area contributed by atoms with Crippen molar-refractivity contribution >= 4 is 11.6 Å². The molecule has 0 bridgehead atoms. The molecule has 0 fully saturated rings. The van der Waals surface area contributed by atoms with Gasteiger partial charge in [-0.05, 0) is 6.42 Å². The van der Waals surface area contributed by atoms with E-state index in [2.05, 4.69) is 0 Å². The van der Waals surface area contributed by atoms with Gasteiger partial charge in [-0.25, -0.2) is 4.79 Å². The van der Waals surface area contributed by atoms with Crippen molar-refractivity contribution in [2.45, 2.75) is 13.0 Å². The Morgan fingerprint density at radius 1 is 1.67 bits per heavy atom. The fourth-order valence-corrected chi connectivity index (χ4v) is 1.13. The van der Waals surface area contributed by atoms with Crippen molar-refractivity contribution < 1.29 is 5.11 Å². The molecular weight excluding hydrogens is 180 g/mol. The van der Waals surface area contributed by atoms with Gasteiger partial charge in [-0.1, -0.05) is 0 Å². The molecule has 1 heterocycles. The van der Waals surface area contributed by atoms with Crippen LogP contribution in [-0.2, 0) is 13.6 Å². The van der Waals surface area contributed by atoms with Gasteiger partial charge in [-0.2, -0.15) is 0 Å². The Labute approximate surface area is 75.0 Å². The SMILES string of the molecule is Cn1cc(O)n(CCCCl)c1=O. The van der Waals surface area contributed by atoms with Crippen LogP contribution in [0.4, 0.5) is 0 Å². The number of aryl methyl sites for hydroxylation is 1. The van der Waals surface area contributed by atoms with Gasteiger partial charge in [0, 0.05) is 19.5 Å². The minimum absolute atomic E-state index is 0.00684. The second-order valence-corrected chi connectivity index (χ2v) is 2.95. The zero-order chi connectivity index (χ0) is 9.14. The number of alkyl halides is 1. The first kappa shape index (κ1) is 9.19. The number of imidazole rings is 1. The lowest BCUT2D eigenvalue weighted by atomic mass is 10.5. The van der Waals surface area contributed by atoms with E-state index in [0.29, 0.717) is 18.8 Å². The van der Waals surface area contributed by atoms with Gasteiger partial charge >= 0.3 is 5.69 Å². The highest BCUT2D eigenvalue weighted by Gasteiger charge is 2.05. The molecule has 0 unspecified atom stereocenters. The highest BCUT2D eigenvalue weighted by Crippen LogP contribution is 2.05. The lowest BCUT2D eigenvalue weighted by molar-refractivity contribution is 0.412. The van der Waals surface area contributed by atoms with Crippen molar-refractivity contribution in [1.82, 2.24) is 9.13 Å². The normalized spacial score (nSPS) is 10.5. The minimum atomic E-state index is -0.211. The summed E-state index contributed by atoms with van der Waals surface area (Å²) in [6.07, 6.45) is 2.07.